The molecular weight excluding hydrogens is 878 g/mol. The molecule has 72 heavy (non-hydrogen) atoms. The number of rotatable bonds is 3. The van der Waals surface area contributed by atoms with Crippen LogP contribution in [0.15, 0.2) is 118 Å². The minimum absolute atomic E-state index is 0.00521. The Morgan fingerprint density at radius 2 is 0.903 bits per heavy atom. The fourth-order valence-electron chi connectivity index (χ4n) is 13.4. The molecule has 5 nitrogen and oxygen atoms in total. The second-order valence-electron chi connectivity index (χ2n) is 26.8. The monoisotopic (exact) mass is 952 g/mol. The van der Waals surface area contributed by atoms with E-state index < -0.39 is 0 Å². The van der Waals surface area contributed by atoms with Crippen molar-refractivity contribution in [1.29, 1.82) is 0 Å². The standard InChI is InChI=1S/C66H74BN3O2/c1-39-33-40(2)56-50(34-39)65(15)31-17-18-32-66(65,16)70(56)47-37-51-55-52(38-47)69(46-27-21-42(22-28-46)62(6,7)8)58-49-36-44(64(12,13)14)24-30-54(49)72-60(58)67(55)59-57(48-35-43(63(9,10)11)23-29-53(48)71-59)68(51)45-25-19-41(20-26-45)61(3,4)5/h19-30,33-38H,17-18,31-32H2,1-16H3. The number of hydrogen-bond acceptors (Lipinski definition) is 5. The van der Waals surface area contributed by atoms with Crippen LogP contribution in [0.25, 0.3) is 21.9 Å². The van der Waals surface area contributed by atoms with Crippen LogP contribution in [0.1, 0.15) is 162 Å². The van der Waals surface area contributed by atoms with E-state index in [9.17, 15) is 0 Å². The van der Waals surface area contributed by atoms with Gasteiger partial charge in [0.05, 0.1) is 16.9 Å². The Kier molecular flexibility index (Phi) is 9.91. The van der Waals surface area contributed by atoms with Gasteiger partial charge in [-0.2, -0.15) is 0 Å². The van der Waals surface area contributed by atoms with Gasteiger partial charge in [0.1, 0.15) is 22.5 Å². The molecule has 0 N–H and O–H groups in total. The van der Waals surface area contributed by atoms with Gasteiger partial charge in [0.25, 0.3) is 0 Å². The summed E-state index contributed by atoms with van der Waals surface area (Å²) in [7, 11) is 0. The third kappa shape index (κ3) is 6.72. The van der Waals surface area contributed by atoms with Gasteiger partial charge in [0, 0.05) is 50.3 Å². The maximum Gasteiger partial charge on any atom is 0.342 e. The molecule has 6 heteroatoms. The maximum absolute atomic E-state index is 7.43. The molecule has 4 aliphatic rings. The predicted octanol–water partition coefficient (Wildman–Crippen LogP) is 16.8. The number of aryl methyl sites for hydroxylation is 2. The van der Waals surface area contributed by atoms with Gasteiger partial charge in [0.15, 0.2) is 0 Å². The Balaban J connectivity index is 1.25. The number of benzene rings is 6. The molecule has 2 aromatic heterocycles. The number of anilines is 8. The molecule has 6 aromatic carbocycles. The van der Waals surface area contributed by atoms with Crippen molar-refractivity contribution in [1.82, 2.24) is 0 Å². The smallest absolute Gasteiger partial charge is 0.342 e. The summed E-state index contributed by atoms with van der Waals surface area (Å²) < 4.78 is 14.9. The van der Waals surface area contributed by atoms with Crippen LogP contribution < -0.4 is 31.5 Å². The lowest BCUT2D eigenvalue weighted by atomic mass is 9.37. The van der Waals surface area contributed by atoms with Crippen LogP contribution >= 0.6 is 0 Å². The molecule has 8 aromatic rings. The van der Waals surface area contributed by atoms with Crippen LogP contribution in [-0.2, 0) is 27.1 Å². The molecular formula is C66H74BN3O2. The summed E-state index contributed by atoms with van der Waals surface area (Å²) >= 11 is 0. The molecule has 1 aliphatic carbocycles. The lowest BCUT2D eigenvalue weighted by molar-refractivity contribution is 0.195. The number of hydrogen-bond donors (Lipinski definition) is 0. The van der Waals surface area contributed by atoms with Crippen LogP contribution in [0, 0.1) is 13.8 Å². The SMILES string of the molecule is Cc1cc(C)c2c(c1)C1(C)CCCCC1(C)N2c1cc2c3c(c1)N(c1ccc(C(C)(C)C)cc1)c1c(oc4ccc(C(C)(C)C)cc14)B3c1oc3ccc(C(C)(C)C)cc3c1N2c1ccc(C(C)(C)C)cc1. The van der Waals surface area contributed by atoms with Gasteiger partial charge in [-0.15, -0.1) is 0 Å². The fourth-order valence-corrected chi connectivity index (χ4v) is 13.4. The average molecular weight is 952 g/mol. The fraction of sp³-hybridized carbons (Fsp3) is 0.394. The molecule has 1 saturated carbocycles. The topological polar surface area (TPSA) is 36.0 Å². The van der Waals surface area contributed by atoms with E-state index in [1.165, 1.54) is 68.6 Å². The highest BCUT2D eigenvalue weighted by atomic mass is 16.3. The van der Waals surface area contributed by atoms with Crippen LogP contribution in [0.2, 0.25) is 0 Å². The highest BCUT2D eigenvalue weighted by Crippen LogP contribution is 2.63. The van der Waals surface area contributed by atoms with Crippen molar-refractivity contribution in [2.24, 2.45) is 0 Å². The van der Waals surface area contributed by atoms with Crippen molar-refractivity contribution < 1.29 is 8.83 Å². The number of nitrogens with zero attached hydrogens (tertiary/aromatic N) is 3. The second-order valence-corrected chi connectivity index (χ2v) is 26.8. The molecule has 1 fully saturated rings. The van der Waals surface area contributed by atoms with E-state index in [1.807, 2.05) is 0 Å². The van der Waals surface area contributed by atoms with Gasteiger partial charge < -0.3 is 23.5 Å². The Bertz CT molecular complexity index is 3350. The summed E-state index contributed by atoms with van der Waals surface area (Å²) in [5.74, 6) is 0. The first-order valence-electron chi connectivity index (χ1n) is 26.8. The van der Waals surface area contributed by atoms with E-state index >= 15 is 0 Å². The van der Waals surface area contributed by atoms with Gasteiger partial charge in [-0.05, 0) is 155 Å². The summed E-state index contributed by atoms with van der Waals surface area (Å²) in [5, 5.41) is 2.24. The molecule has 0 radical (unpaired) electrons. The zero-order valence-electron chi connectivity index (χ0n) is 46.0. The summed E-state index contributed by atoms with van der Waals surface area (Å²) in [6.07, 6.45) is 4.71. The van der Waals surface area contributed by atoms with Crippen molar-refractivity contribution in [3.63, 3.8) is 0 Å². The van der Waals surface area contributed by atoms with Crippen molar-refractivity contribution in [3.8, 4) is 0 Å². The van der Waals surface area contributed by atoms with E-state index in [-0.39, 0.29) is 39.3 Å². The third-order valence-corrected chi connectivity index (χ3v) is 17.7. The van der Waals surface area contributed by atoms with Gasteiger partial charge >= 0.3 is 6.71 Å². The first kappa shape index (κ1) is 46.9. The molecule has 0 amide bonds. The van der Waals surface area contributed by atoms with Crippen LogP contribution in [0.5, 0.6) is 0 Å². The Morgan fingerprint density at radius 3 is 1.35 bits per heavy atom. The molecule has 5 heterocycles. The first-order chi connectivity index (χ1) is 33.8. The summed E-state index contributed by atoms with van der Waals surface area (Å²) in [4.78, 5) is 7.93. The van der Waals surface area contributed by atoms with Gasteiger partial charge in [-0.1, -0.05) is 157 Å². The quantitative estimate of drug-likeness (QED) is 0.165. The minimum atomic E-state index is -0.328. The first-order valence-corrected chi connectivity index (χ1v) is 26.8. The Labute approximate surface area is 429 Å². The van der Waals surface area contributed by atoms with Crippen LogP contribution in [0.4, 0.5) is 45.5 Å². The van der Waals surface area contributed by atoms with Crippen molar-refractivity contribution >= 4 is 90.9 Å². The van der Waals surface area contributed by atoms with E-state index in [2.05, 4.69) is 235 Å². The predicted molar refractivity (Wildman–Crippen MR) is 307 cm³/mol. The molecule has 368 valence electrons. The van der Waals surface area contributed by atoms with Crippen LogP contribution in [0.3, 0.4) is 0 Å². The van der Waals surface area contributed by atoms with Crippen molar-refractivity contribution in [2.75, 3.05) is 14.7 Å². The van der Waals surface area contributed by atoms with E-state index in [0.29, 0.717) is 0 Å². The zero-order chi connectivity index (χ0) is 51.0. The minimum Gasteiger partial charge on any atom is -0.468 e. The molecule has 0 bridgehead atoms. The average Bonchev–Trinajstić information content (AvgIpc) is 3.94. The van der Waals surface area contributed by atoms with Gasteiger partial charge in [-0.3, -0.25) is 0 Å². The van der Waals surface area contributed by atoms with Crippen molar-refractivity contribution in [2.45, 2.75) is 169 Å². The van der Waals surface area contributed by atoms with Crippen molar-refractivity contribution in [3.05, 3.63) is 148 Å². The Hall–Kier alpha value is -6.14. The molecule has 12 rings (SSSR count). The largest absolute Gasteiger partial charge is 0.468 e. The molecule has 2 unspecified atom stereocenters. The van der Waals surface area contributed by atoms with E-state index in [0.717, 1.165) is 80.2 Å². The maximum atomic E-state index is 7.43. The number of fused-ring (bicyclic) bond motifs is 11. The second kappa shape index (κ2) is 15.2. The lowest BCUT2D eigenvalue weighted by Gasteiger charge is -2.51. The van der Waals surface area contributed by atoms with Gasteiger partial charge in [-0.25, -0.2) is 0 Å². The van der Waals surface area contributed by atoms with E-state index in [1.54, 1.807) is 0 Å². The third-order valence-electron chi connectivity index (χ3n) is 17.7. The molecule has 3 aliphatic heterocycles. The molecule has 0 saturated heterocycles. The van der Waals surface area contributed by atoms with Crippen LogP contribution in [-0.4, -0.2) is 12.3 Å². The number of furan rings is 2. The zero-order valence-corrected chi connectivity index (χ0v) is 46.0. The summed E-state index contributed by atoms with van der Waals surface area (Å²) in [6, 6.07) is 42.5. The molecule has 0 spiro atoms. The van der Waals surface area contributed by atoms with E-state index in [4.69, 9.17) is 8.83 Å². The lowest BCUT2D eigenvalue weighted by Crippen LogP contribution is -2.60. The highest BCUT2D eigenvalue weighted by Gasteiger charge is 2.59. The summed E-state index contributed by atoms with van der Waals surface area (Å²) in [5.41, 5.74) is 23.1. The summed E-state index contributed by atoms with van der Waals surface area (Å²) in [6.45, 7) is 37.1. The normalized spacial score (nSPS) is 19.7. The Morgan fingerprint density at radius 1 is 0.472 bits per heavy atom. The highest BCUT2D eigenvalue weighted by molar-refractivity contribution is 6.99. The molecule has 2 atom stereocenters. The van der Waals surface area contributed by atoms with Gasteiger partial charge in [0.2, 0.25) is 0 Å².